The predicted molar refractivity (Wildman–Crippen MR) is 118 cm³/mol. The van der Waals surface area contributed by atoms with Gasteiger partial charge in [0.2, 0.25) is 0 Å². The number of nitrogens with two attached hydrogens (primary N) is 1. The molecule has 0 saturated heterocycles. The van der Waals surface area contributed by atoms with Crippen molar-refractivity contribution in [3.63, 3.8) is 0 Å². The van der Waals surface area contributed by atoms with E-state index in [0.29, 0.717) is 17.8 Å². The maximum absolute atomic E-state index is 14.6. The second-order valence-corrected chi connectivity index (χ2v) is 8.40. The Morgan fingerprint density at radius 3 is 2.31 bits per heavy atom. The van der Waals surface area contributed by atoms with Crippen LogP contribution in [0.15, 0.2) is 24.3 Å². The molecule has 3 rings (SSSR count). The molecule has 2 aromatic carbocycles. The summed E-state index contributed by atoms with van der Waals surface area (Å²) in [6.07, 6.45) is 4.01. The van der Waals surface area contributed by atoms with E-state index < -0.39 is 17.5 Å². The van der Waals surface area contributed by atoms with E-state index in [0.717, 1.165) is 37.3 Å². The van der Waals surface area contributed by atoms with Gasteiger partial charge < -0.3 is 15.8 Å². The highest BCUT2D eigenvalue weighted by molar-refractivity contribution is 8.02. The molecule has 29 heavy (non-hydrogen) atoms. The summed E-state index contributed by atoms with van der Waals surface area (Å²) in [5.74, 6) is -2.52. The third-order valence-electron chi connectivity index (χ3n) is 4.81. The van der Waals surface area contributed by atoms with Crippen LogP contribution in [0.2, 0.25) is 0 Å². The molecule has 0 unspecified atom stereocenters. The van der Waals surface area contributed by atoms with Gasteiger partial charge >= 0.3 is 0 Å². The van der Waals surface area contributed by atoms with Crippen LogP contribution in [0.5, 0.6) is 0 Å². The van der Waals surface area contributed by atoms with Crippen LogP contribution in [-0.2, 0) is 0 Å². The van der Waals surface area contributed by atoms with Gasteiger partial charge in [-0.25, -0.2) is 13.2 Å². The average Bonchev–Trinajstić information content (AvgIpc) is 3.47. The standard InChI is InChI=1S/C20H24F3N3S.C2H6/c1-12-4-5-16(14(21)10-12)25-19-17(23)15(22)11-13(2)18(19)26-27-20(7-8-20)6-3-9-24;1-2/h4-5,10-11,25-26H,3,6-9,24H2,1-2H3;1-2H3. The van der Waals surface area contributed by atoms with Crippen LogP contribution in [0.25, 0.3) is 0 Å². The van der Waals surface area contributed by atoms with Crippen molar-refractivity contribution in [2.45, 2.75) is 58.1 Å². The minimum atomic E-state index is -1.03. The maximum Gasteiger partial charge on any atom is 0.184 e. The molecule has 0 radical (unpaired) electrons. The number of benzene rings is 2. The highest BCUT2D eigenvalue weighted by atomic mass is 32.2. The number of hydrogen-bond acceptors (Lipinski definition) is 4. The van der Waals surface area contributed by atoms with E-state index in [9.17, 15) is 13.2 Å². The zero-order valence-corrected chi connectivity index (χ0v) is 18.3. The van der Waals surface area contributed by atoms with E-state index in [1.54, 1.807) is 19.9 Å². The van der Waals surface area contributed by atoms with Crippen molar-refractivity contribution in [2.75, 3.05) is 16.6 Å². The van der Waals surface area contributed by atoms with Crippen LogP contribution >= 0.6 is 11.9 Å². The fourth-order valence-corrected chi connectivity index (χ4v) is 4.12. The minimum Gasteiger partial charge on any atom is -0.349 e. The molecule has 1 aliphatic rings. The second kappa shape index (κ2) is 10.3. The van der Waals surface area contributed by atoms with E-state index in [1.807, 2.05) is 13.8 Å². The summed E-state index contributed by atoms with van der Waals surface area (Å²) in [5.41, 5.74) is 7.34. The summed E-state index contributed by atoms with van der Waals surface area (Å²) in [6, 6.07) is 5.73. The molecular weight excluding hydrogens is 395 g/mol. The summed E-state index contributed by atoms with van der Waals surface area (Å²) >= 11 is 1.51. The molecule has 0 spiro atoms. The summed E-state index contributed by atoms with van der Waals surface area (Å²) in [4.78, 5) is 0. The minimum absolute atomic E-state index is 0.0858. The molecule has 1 aliphatic carbocycles. The first-order chi connectivity index (χ1) is 13.8. The van der Waals surface area contributed by atoms with Gasteiger partial charge in [0, 0.05) is 4.75 Å². The van der Waals surface area contributed by atoms with E-state index in [-0.39, 0.29) is 16.1 Å². The molecule has 4 N–H and O–H groups in total. The van der Waals surface area contributed by atoms with Gasteiger partial charge in [-0.15, -0.1) is 0 Å². The first kappa shape index (κ1) is 23.4. The Balaban J connectivity index is 0.00000145. The van der Waals surface area contributed by atoms with Crippen molar-refractivity contribution in [3.8, 4) is 0 Å². The van der Waals surface area contributed by atoms with Crippen molar-refractivity contribution in [3.05, 3.63) is 52.8 Å². The molecule has 0 atom stereocenters. The summed E-state index contributed by atoms with van der Waals surface area (Å²) < 4.78 is 46.0. The molecule has 7 heteroatoms. The molecule has 3 nitrogen and oxygen atoms in total. The number of hydrogen-bond donors (Lipinski definition) is 3. The van der Waals surface area contributed by atoms with Gasteiger partial charge in [0.05, 0.1) is 11.4 Å². The molecular formula is C22H30F3N3S. The van der Waals surface area contributed by atoms with E-state index in [1.165, 1.54) is 24.1 Å². The van der Waals surface area contributed by atoms with Crippen LogP contribution in [0.3, 0.4) is 0 Å². The number of anilines is 3. The molecule has 160 valence electrons. The molecule has 1 fully saturated rings. The Kier molecular flexibility index (Phi) is 8.28. The van der Waals surface area contributed by atoms with Crippen molar-refractivity contribution in [1.82, 2.24) is 0 Å². The molecule has 0 amide bonds. The molecule has 1 saturated carbocycles. The average molecular weight is 426 g/mol. The largest absolute Gasteiger partial charge is 0.349 e. The Bertz CT molecular complexity index is 839. The maximum atomic E-state index is 14.6. The monoisotopic (exact) mass is 425 g/mol. The smallest absolute Gasteiger partial charge is 0.184 e. The fourth-order valence-electron chi connectivity index (χ4n) is 2.98. The zero-order chi connectivity index (χ0) is 21.6. The molecule has 2 aromatic rings. The van der Waals surface area contributed by atoms with Crippen LogP contribution in [0, 0.1) is 31.3 Å². The first-order valence-electron chi connectivity index (χ1n) is 10.0. The van der Waals surface area contributed by atoms with Crippen molar-refractivity contribution in [2.24, 2.45) is 5.73 Å². The number of aryl methyl sites for hydroxylation is 2. The van der Waals surface area contributed by atoms with E-state index in [4.69, 9.17) is 5.73 Å². The lowest BCUT2D eigenvalue weighted by atomic mass is 10.1. The first-order valence-corrected chi connectivity index (χ1v) is 10.8. The van der Waals surface area contributed by atoms with Gasteiger partial charge in [-0.2, -0.15) is 0 Å². The fraction of sp³-hybridized carbons (Fsp3) is 0.455. The normalized spacial score (nSPS) is 14.1. The van der Waals surface area contributed by atoms with Crippen LogP contribution < -0.4 is 15.8 Å². The predicted octanol–water partition coefficient (Wildman–Crippen LogP) is 6.82. The SMILES string of the molecule is CC.Cc1ccc(Nc2c(F)c(F)cc(C)c2NSC2(CCCN)CC2)c(F)c1. The van der Waals surface area contributed by atoms with Crippen LogP contribution in [0.1, 0.15) is 50.7 Å². The Hall–Kier alpha value is -1.86. The lowest BCUT2D eigenvalue weighted by molar-refractivity contribution is 0.511. The van der Waals surface area contributed by atoms with Gasteiger partial charge in [-0.3, -0.25) is 0 Å². The second-order valence-electron chi connectivity index (χ2n) is 7.13. The number of rotatable bonds is 8. The lowest BCUT2D eigenvalue weighted by Gasteiger charge is -2.21. The van der Waals surface area contributed by atoms with Gasteiger partial charge in [0.1, 0.15) is 11.5 Å². The molecule has 0 aliphatic heterocycles. The molecule has 0 bridgehead atoms. The third-order valence-corrected chi connectivity index (χ3v) is 6.17. The number of nitrogens with one attached hydrogen (secondary N) is 2. The summed E-state index contributed by atoms with van der Waals surface area (Å²) in [7, 11) is 0. The van der Waals surface area contributed by atoms with Gasteiger partial charge in [0.15, 0.2) is 11.6 Å². The van der Waals surface area contributed by atoms with Crippen LogP contribution in [0.4, 0.5) is 30.2 Å². The Morgan fingerprint density at radius 1 is 1.03 bits per heavy atom. The number of halogens is 3. The van der Waals surface area contributed by atoms with Gasteiger partial charge in [-0.05, 0) is 87.3 Å². The van der Waals surface area contributed by atoms with E-state index in [2.05, 4.69) is 10.0 Å². The van der Waals surface area contributed by atoms with Crippen molar-refractivity contribution in [1.29, 1.82) is 0 Å². The third kappa shape index (κ3) is 5.82. The topological polar surface area (TPSA) is 50.1 Å². The van der Waals surface area contributed by atoms with Gasteiger partial charge in [0.25, 0.3) is 0 Å². The quantitative estimate of drug-likeness (QED) is 0.406. The van der Waals surface area contributed by atoms with Crippen LogP contribution in [-0.4, -0.2) is 11.3 Å². The molecule has 0 aromatic heterocycles. The summed E-state index contributed by atoms with van der Waals surface area (Å²) in [5, 5.41) is 2.73. The Morgan fingerprint density at radius 2 is 1.72 bits per heavy atom. The van der Waals surface area contributed by atoms with Gasteiger partial charge in [-0.1, -0.05) is 19.9 Å². The highest BCUT2D eigenvalue weighted by Crippen LogP contribution is 2.52. The Labute approximate surface area is 175 Å². The summed E-state index contributed by atoms with van der Waals surface area (Å²) in [6.45, 7) is 8.09. The van der Waals surface area contributed by atoms with E-state index >= 15 is 0 Å². The van der Waals surface area contributed by atoms with Crippen molar-refractivity contribution < 1.29 is 13.2 Å². The van der Waals surface area contributed by atoms with Crippen molar-refractivity contribution >= 4 is 29.0 Å². The lowest BCUT2D eigenvalue weighted by Crippen LogP contribution is -2.12. The highest BCUT2D eigenvalue weighted by Gasteiger charge is 2.43. The zero-order valence-electron chi connectivity index (χ0n) is 17.5. The molecule has 0 heterocycles.